The Morgan fingerprint density at radius 2 is 2.25 bits per heavy atom. The highest BCUT2D eigenvalue weighted by atomic mass is 127. The number of nitrogens with one attached hydrogen (secondary N) is 1. The van der Waals surface area contributed by atoms with Gasteiger partial charge in [0.05, 0.1) is 3.79 Å². The Kier molecular flexibility index (Phi) is 7.28. The Morgan fingerprint density at radius 3 is 2.75 bits per heavy atom. The van der Waals surface area contributed by atoms with Gasteiger partial charge in [-0.05, 0) is 46.3 Å². The molecule has 1 aromatic rings. The van der Waals surface area contributed by atoms with Gasteiger partial charge in [-0.25, -0.2) is 0 Å². The van der Waals surface area contributed by atoms with Crippen LogP contribution >= 0.6 is 51.2 Å². The van der Waals surface area contributed by atoms with Crippen LogP contribution in [0.4, 0.5) is 0 Å². The fraction of sp³-hybridized carbons (Fsp3) is 0.643. The monoisotopic (exact) mass is 471 g/mol. The van der Waals surface area contributed by atoms with Crippen molar-refractivity contribution in [1.82, 2.24) is 10.2 Å². The molecular formula is C14H23BrIN3S. The van der Waals surface area contributed by atoms with Gasteiger partial charge in [0.25, 0.3) is 0 Å². The van der Waals surface area contributed by atoms with E-state index >= 15 is 0 Å². The van der Waals surface area contributed by atoms with Crippen molar-refractivity contribution in [3.05, 3.63) is 20.8 Å². The van der Waals surface area contributed by atoms with Gasteiger partial charge >= 0.3 is 0 Å². The quantitative estimate of drug-likeness (QED) is 0.410. The van der Waals surface area contributed by atoms with Crippen LogP contribution in [0, 0.1) is 5.41 Å². The van der Waals surface area contributed by atoms with Crippen molar-refractivity contribution in [3.8, 4) is 0 Å². The summed E-state index contributed by atoms with van der Waals surface area (Å²) in [5, 5.41) is 3.47. The summed E-state index contributed by atoms with van der Waals surface area (Å²) in [4.78, 5) is 8.16. The standard InChI is InChI=1S/C14H22BrN3S.HI/c1-14(2)7-9-18(10-14)13(16-3)17-8-6-11-4-5-12(15)19-11;/h4-5H,6-10H2,1-3H3,(H,16,17);1H. The lowest BCUT2D eigenvalue weighted by molar-refractivity contribution is 0.370. The van der Waals surface area contributed by atoms with E-state index in [4.69, 9.17) is 0 Å². The topological polar surface area (TPSA) is 27.6 Å². The first-order valence-electron chi connectivity index (χ1n) is 6.70. The van der Waals surface area contributed by atoms with Gasteiger partial charge in [0.1, 0.15) is 0 Å². The second kappa shape index (κ2) is 7.98. The molecule has 0 unspecified atom stereocenters. The summed E-state index contributed by atoms with van der Waals surface area (Å²) in [6.45, 7) is 7.79. The molecule has 0 spiro atoms. The molecule has 1 aliphatic heterocycles. The van der Waals surface area contributed by atoms with Crippen LogP contribution in [0.15, 0.2) is 20.9 Å². The molecule has 0 bridgehead atoms. The highest BCUT2D eigenvalue weighted by molar-refractivity contribution is 14.0. The first kappa shape index (κ1) is 18.2. The van der Waals surface area contributed by atoms with Gasteiger partial charge in [0, 0.05) is 31.6 Å². The van der Waals surface area contributed by atoms with Gasteiger partial charge in [-0.15, -0.1) is 35.3 Å². The van der Waals surface area contributed by atoms with Crippen molar-refractivity contribution in [2.24, 2.45) is 10.4 Å². The molecule has 2 heterocycles. The number of guanidine groups is 1. The average molecular weight is 472 g/mol. The highest BCUT2D eigenvalue weighted by Gasteiger charge is 2.30. The molecule has 1 N–H and O–H groups in total. The summed E-state index contributed by atoms with van der Waals surface area (Å²) in [5.74, 6) is 1.04. The van der Waals surface area contributed by atoms with E-state index in [0.29, 0.717) is 5.41 Å². The maximum atomic E-state index is 4.40. The summed E-state index contributed by atoms with van der Waals surface area (Å²) < 4.78 is 1.20. The Balaban J connectivity index is 0.00000200. The lowest BCUT2D eigenvalue weighted by Crippen LogP contribution is -2.41. The minimum atomic E-state index is 0. The number of aliphatic imine (C=N–C) groups is 1. The van der Waals surface area contributed by atoms with E-state index in [2.05, 4.69) is 57.1 Å². The lowest BCUT2D eigenvalue weighted by atomic mass is 9.93. The predicted octanol–water partition coefficient (Wildman–Crippen LogP) is 3.98. The summed E-state index contributed by atoms with van der Waals surface area (Å²) in [7, 11) is 1.87. The van der Waals surface area contributed by atoms with E-state index in [1.54, 1.807) is 11.3 Å². The molecule has 0 radical (unpaired) electrons. The van der Waals surface area contributed by atoms with Gasteiger partial charge in [-0.3, -0.25) is 4.99 Å². The zero-order valence-electron chi connectivity index (χ0n) is 12.3. The van der Waals surface area contributed by atoms with Gasteiger partial charge in [-0.1, -0.05) is 13.8 Å². The molecule has 0 amide bonds. The van der Waals surface area contributed by atoms with Crippen molar-refractivity contribution < 1.29 is 0 Å². The van der Waals surface area contributed by atoms with E-state index in [1.807, 2.05) is 7.05 Å². The van der Waals surface area contributed by atoms with Crippen LogP contribution in [-0.4, -0.2) is 37.5 Å². The maximum Gasteiger partial charge on any atom is 0.193 e. The van der Waals surface area contributed by atoms with Crippen LogP contribution in [0.1, 0.15) is 25.1 Å². The average Bonchev–Trinajstić information content (AvgIpc) is 2.91. The summed E-state index contributed by atoms with van der Waals surface area (Å²) in [6, 6.07) is 4.29. The SMILES string of the molecule is CN=C(NCCc1ccc(Br)s1)N1CCC(C)(C)C1.I. The third-order valence-corrected chi connectivity index (χ3v) is 5.16. The molecule has 6 heteroatoms. The fourth-order valence-electron chi connectivity index (χ4n) is 2.41. The first-order chi connectivity index (χ1) is 9.00. The minimum Gasteiger partial charge on any atom is -0.356 e. The molecule has 1 fully saturated rings. The molecule has 0 atom stereocenters. The molecule has 2 rings (SSSR count). The zero-order valence-corrected chi connectivity index (χ0v) is 17.0. The van der Waals surface area contributed by atoms with Gasteiger partial charge in [-0.2, -0.15) is 0 Å². The Morgan fingerprint density at radius 1 is 1.50 bits per heavy atom. The van der Waals surface area contributed by atoms with Gasteiger partial charge in [0.2, 0.25) is 0 Å². The van der Waals surface area contributed by atoms with Crippen molar-refractivity contribution in [1.29, 1.82) is 0 Å². The number of thiophene rings is 1. The largest absolute Gasteiger partial charge is 0.356 e. The normalized spacial score (nSPS) is 18.0. The molecule has 3 nitrogen and oxygen atoms in total. The number of hydrogen-bond donors (Lipinski definition) is 1. The number of hydrogen-bond acceptors (Lipinski definition) is 2. The molecule has 20 heavy (non-hydrogen) atoms. The summed E-state index contributed by atoms with van der Waals surface area (Å²) in [5.41, 5.74) is 0.413. The van der Waals surface area contributed by atoms with Crippen molar-refractivity contribution in [2.75, 3.05) is 26.7 Å². The van der Waals surface area contributed by atoms with E-state index in [9.17, 15) is 0 Å². The van der Waals surface area contributed by atoms with E-state index in [-0.39, 0.29) is 24.0 Å². The van der Waals surface area contributed by atoms with E-state index in [0.717, 1.165) is 32.0 Å². The van der Waals surface area contributed by atoms with E-state index < -0.39 is 0 Å². The number of nitrogens with zero attached hydrogens (tertiary/aromatic N) is 2. The zero-order chi connectivity index (χ0) is 13.9. The van der Waals surface area contributed by atoms with Gasteiger partial charge < -0.3 is 10.2 Å². The number of halogens is 2. The van der Waals surface area contributed by atoms with Crippen LogP contribution in [0.25, 0.3) is 0 Å². The molecule has 114 valence electrons. The summed E-state index contributed by atoms with van der Waals surface area (Å²) in [6.07, 6.45) is 2.29. The lowest BCUT2D eigenvalue weighted by Gasteiger charge is -2.23. The molecule has 0 aromatic carbocycles. The van der Waals surface area contributed by atoms with Crippen molar-refractivity contribution in [3.63, 3.8) is 0 Å². The molecule has 1 aliphatic rings. The summed E-state index contributed by atoms with van der Waals surface area (Å²) >= 11 is 5.30. The van der Waals surface area contributed by atoms with Crippen LogP contribution < -0.4 is 5.32 Å². The number of likely N-dealkylation sites (tertiary alicyclic amines) is 1. The number of rotatable bonds is 3. The predicted molar refractivity (Wildman–Crippen MR) is 102 cm³/mol. The van der Waals surface area contributed by atoms with Crippen molar-refractivity contribution >= 4 is 57.2 Å². The molecule has 0 saturated carbocycles. The second-order valence-corrected chi connectivity index (χ2v) is 8.31. The molecule has 0 aliphatic carbocycles. The smallest absolute Gasteiger partial charge is 0.193 e. The van der Waals surface area contributed by atoms with Crippen LogP contribution in [0.2, 0.25) is 0 Å². The minimum absolute atomic E-state index is 0. The van der Waals surface area contributed by atoms with Crippen LogP contribution in [-0.2, 0) is 6.42 Å². The molecular weight excluding hydrogens is 449 g/mol. The van der Waals surface area contributed by atoms with Crippen molar-refractivity contribution in [2.45, 2.75) is 26.7 Å². The van der Waals surface area contributed by atoms with E-state index in [1.165, 1.54) is 15.1 Å². The Labute approximate surface area is 151 Å². The van der Waals surface area contributed by atoms with Gasteiger partial charge in [0.15, 0.2) is 5.96 Å². The first-order valence-corrected chi connectivity index (χ1v) is 8.31. The molecule has 1 aromatic heterocycles. The third-order valence-electron chi connectivity index (χ3n) is 3.47. The Hall–Kier alpha value is 0.180. The highest BCUT2D eigenvalue weighted by Crippen LogP contribution is 2.28. The second-order valence-electron chi connectivity index (χ2n) is 5.77. The Bertz CT molecular complexity index is 459. The third kappa shape index (κ3) is 5.18. The van der Waals surface area contributed by atoms with Crippen LogP contribution in [0.5, 0.6) is 0 Å². The van der Waals surface area contributed by atoms with Crippen LogP contribution in [0.3, 0.4) is 0 Å². The fourth-order valence-corrected chi connectivity index (χ4v) is 3.89. The molecule has 1 saturated heterocycles. The maximum absolute atomic E-state index is 4.40.